The van der Waals surface area contributed by atoms with Gasteiger partial charge in [0.05, 0.1) is 24.3 Å². The summed E-state index contributed by atoms with van der Waals surface area (Å²) in [5, 5.41) is 3.50. The SMILES string of the molecule is CCOC(=O)/C(=N\OS(C)(=O)=O)C1=Nc2ccccc2C1(C)C. The van der Waals surface area contributed by atoms with Crippen LogP contribution < -0.4 is 0 Å². The number of aliphatic imine (C=N–C) groups is 1. The third-order valence-electron chi connectivity index (χ3n) is 3.36. The van der Waals surface area contributed by atoms with E-state index >= 15 is 0 Å². The fraction of sp³-hybridized carbons (Fsp3) is 0.400. The molecule has 8 heteroatoms. The minimum Gasteiger partial charge on any atom is -0.461 e. The first-order valence-corrected chi connectivity index (χ1v) is 8.81. The summed E-state index contributed by atoms with van der Waals surface area (Å²) >= 11 is 0. The van der Waals surface area contributed by atoms with Gasteiger partial charge in [-0.15, -0.1) is 0 Å². The van der Waals surface area contributed by atoms with Gasteiger partial charge in [-0.3, -0.25) is 4.28 Å². The van der Waals surface area contributed by atoms with Gasteiger partial charge in [-0.2, -0.15) is 8.42 Å². The number of benzene rings is 1. The molecule has 0 amide bonds. The number of oxime groups is 1. The summed E-state index contributed by atoms with van der Waals surface area (Å²) in [5.41, 5.74) is 1.03. The smallest absolute Gasteiger partial charge is 0.362 e. The number of hydrogen-bond donors (Lipinski definition) is 0. The summed E-state index contributed by atoms with van der Waals surface area (Å²) < 4.78 is 31.8. The topological polar surface area (TPSA) is 94.4 Å². The van der Waals surface area contributed by atoms with Crippen molar-refractivity contribution in [1.82, 2.24) is 0 Å². The highest BCUT2D eigenvalue weighted by Gasteiger charge is 2.41. The highest BCUT2D eigenvalue weighted by atomic mass is 32.2. The highest BCUT2D eigenvalue weighted by molar-refractivity contribution is 7.85. The third-order valence-corrected chi connectivity index (χ3v) is 3.70. The van der Waals surface area contributed by atoms with Crippen LogP contribution in [0, 0.1) is 0 Å². The second kappa shape index (κ2) is 6.11. The van der Waals surface area contributed by atoms with Crippen molar-refractivity contribution < 1.29 is 22.2 Å². The van der Waals surface area contributed by atoms with Crippen molar-refractivity contribution in [2.45, 2.75) is 26.2 Å². The minimum atomic E-state index is -3.85. The van der Waals surface area contributed by atoms with Gasteiger partial charge in [0, 0.05) is 5.41 Å². The van der Waals surface area contributed by atoms with Crippen molar-refractivity contribution in [2.24, 2.45) is 10.1 Å². The maximum Gasteiger partial charge on any atom is 0.362 e. The maximum absolute atomic E-state index is 12.2. The zero-order chi connectivity index (χ0) is 17.3. The van der Waals surface area contributed by atoms with Crippen molar-refractivity contribution in [3.8, 4) is 0 Å². The Bertz CT molecular complexity index is 794. The number of para-hydroxylation sites is 1. The van der Waals surface area contributed by atoms with Crippen molar-refractivity contribution in [1.29, 1.82) is 0 Å². The number of carbonyl (C=O) groups excluding carboxylic acids is 1. The molecule has 1 aromatic rings. The molecular weight excluding hydrogens is 320 g/mol. The van der Waals surface area contributed by atoms with Crippen LogP contribution in [-0.2, 0) is 29.3 Å². The van der Waals surface area contributed by atoms with E-state index in [4.69, 9.17) is 4.74 Å². The summed E-state index contributed by atoms with van der Waals surface area (Å²) in [7, 11) is -3.85. The Morgan fingerprint density at radius 2 is 1.96 bits per heavy atom. The lowest BCUT2D eigenvalue weighted by molar-refractivity contribution is -0.134. The lowest BCUT2D eigenvalue weighted by Gasteiger charge is -2.22. The lowest BCUT2D eigenvalue weighted by atomic mass is 9.80. The summed E-state index contributed by atoms with van der Waals surface area (Å²) in [6, 6.07) is 7.40. The van der Waals surface area contributed by atoms with E-state index in [9.17, 15) is 13.2 Å². The number of carbonyl (C=O) groups is 1. The van der Waals surface area contributed by atoms with Crippen molar-refractivity contribution >= 4 is 33.2 Å². The molecule has 2 rings (SSSR count). The van der Waals surface area contributed by atoms with Crippen LogP contribution in [0.1, 0.15) is 26.3 Å². The Morgan fingerprint density at radius 3 is 2.52 bits per heavy atom. The largest absolute Gasteiger partial charge is 0.461 e. The number of ether oxygens (including phenoxy) is 1. The molecule has 23 heavy (non-hydrogen) atoms. The van der Waals surface area contributed by atoms with Crippen molar-refractivity contribution in [3.63, 3.8) is 0 Å². The van der Waals surface area contributed by atoms with Crippen LogP contribution >= 0.6 is 0 Å². The molecule has 0 unspecified atom stereocenters. The maximum atomic E-state index is 12.2. The number of fused-ring (bicyclic) bond motifs is 1. The molecule has 0 saturated heterocycles. The Morgan fingerprint density at radius 1 is 1.30 bits per heavy atom. The van der Waals surface area contributed by atoms with Gasteiger partial charge in [0.15, 0.2) is 0 Å². The zero-order valence-electron chi connectivity index (χ0n) is 13.4. The van der Waals surface area contributed by atoms with E-state index in [1.807, 2.05) is 38.1 Å². The third kappa shape index (κ3) is 3.58. The van der Waals surface area contributed by atoms with Crippen LogP contribution in [0.5, 0.6) is 0 Å². The van der Waals surface area contributed by atoms with Crippen LogP contribution in [0.3, 0.4) is 0 Å². The molecule has 0 radical (unpaired) electrons. The fourth-order valence-corrected chi connectivity index (χ4v) is 2.53. The molecule has 0 aliphatic carbocycles. The van der Waals surface area contributed by atoms with Gasteiger partial charge in [0.1, 0.15) is 0 Å². The fourth-order valence-electron chi connectivity index (χ4n) is 2.32. The van der Waals surface area contributed by atoms with Crippen molar-refractivity contribution in [2.75, 3.05) is 12.9 Å². The number of nitrogens with zero attached hydrogens (tertiary/aromatic N) is 2. The number of hydrogen-bond acceptors (Lipinski definition) is 7. The van der Waals surface area contributed by atoms with Crippen LogP contribution in [0.2, 0.25) is 0 Å². The van der Waals surface area contributed by atoms with E-state index in [0.29, 0.717) is 11.4 Å². The van der Waals surface area contributed by atoms with Crippen LogP contribution in [0.4, 0.5) is 5.69 Å². The minimum absolute atomic E-state index is 0.122. The predicted molar refractivity (Wildman–Crippen MR) is 86.6 cm³/mol. The predicted octanol–water partition coefficient (Wildman–Crippen LogP) is 1.95. The van der Waals surface area contributed by atoms with Gasteiger partial charge >= 0.3 is 16.1 Å². The zero-order valence-corrected chi connectivity index (χ0v) is 14.2. The highest BCUT2D eigenvalue weighted by Crippen LogP contribution is 2.40. The lowest BCUT2D eigenvalue weighted by Crippen LogP contribution is -2.38. The molecule has 1 aromatic carbocycles. The molecule has 0 aromatic heterocycles. The van der Waals surface area contributed by atoms with Crippen molar-refractivity contribution in [3.05, 3.63) is 29.8 Å². The van der Waals surface area contributed by atoms with Gasteiger partial charge < -0.3 is 4.74 Å². The van der Waals surface area contributed by atoms with E-state index < -0.39 is 21.5 Å². The summed E-state index contributed by atoms with van der Waals surface area (Å²) in [5.74, 6) is -0.782. The van der Waals surface area contributed by atoms with E-state index in [1.54, 1.807) is 6.92 Å². The molecule has 124 valence electrons. The van der Waals surface area contributed by atoms with Crippen LogP contribution in [0.25, 0.3) is 0 Å². The van der Waals surface area contributed by atoms with Gasteiger partial charge in [0.2, 0.25) is 5.71 Å². The van der Waals surface area contributed by atoms with Gasteiger partial charge in [0.25, 0.3) is 0 Å². The second-order valence-corrected chi connectivity index (χ2v) is 7.10. The van der Waals surface area contributed by atoms with Gasteiger partial charge in [-0.1, -0.05) is 23.4 Å². The Balaban J connectivity index is 2.51. The quantitative estimate of drug-likeness (QED) is 0.464. The van der Waals surface area contributed by atoms with E-state index in [2.05, 4.69) is 14.4 Å². The van der Waals surface area contributed by atoms with Crippen LogP contribution in [-0.4, -0.2) is 38.7 Å². The molecule has 0 N–H and O–H groups in total. The molecule has 0 atom stereocenters. The molecule has 1 heterocycles. The van der Waals surface area contributed by atoms with Crippen LogP contribution in [0.15, 0.2) is 34.4 Å². The molecule has 1 aliphatic rings. The molecule has 1 aliphatic heterocycles. The average Bonchev–Trinajstić information content (AvgIpc) is 2.71. The first-order chi connectivity index (χ1) is 10.7. The Kier molecular flexibility index (Phi) is 4.56. The van der Waals surface area contributed by atoms with Gasteiger partial charge in [-0.05, 0) is 32.4 Å². The molecule has 7 nitrogen and oxygen atoms in total. The Hall–Kier alpha value is -2.22. The van der Waals surface area contributed by atoms with Gasteiger partial charge in [-0.25, -0.2) is 9.79 Å². The summed E-state index contributed by atoms with van der Waals surface area (Å²) in [6.07, 6.45) is 0.843. The normalized spacial score (nSPS) is 16.5. The first-order valence-electron chi connectivity index (χ1n) is 6.99. The van der Waals surface area contributed by atoms with E-state index in [1.165, 1.54) is 0 Å². The first kappa shape index (κ1) is 17.1. The summed E-state index contributed by atoms with van der Waals surface area (Å²) in [6.45, 7) is 5.50. The standard InChI is InChI=1S/C15H18N2O5S/c1-5-21-14(18)12(17-22-23(4,19)20)13-15(2,3)10-8-6-7-9-11(10)16-13/h6-9H,5H2,1-4H3/b17-12-. The molecule has 0 saturated carbocycles. The molecular formula is C15H18N2O5S. The second-order valence-electron chi connectivity index (χ2n) is 5.54. The monoisotopic (exact) mass is 338 g/mol. The van der Waals surface area contributed by atoms with E-state index in [-0.39, 0.29) is 12.3 Å². The molecule has 0 spiro atoms. The van der Waals surface area contributed by atoms with E-state index in [0.717, 1.165) is 11.8 Å². The summed E-state index contributed by atoms with van der Waals surface area (Å²) in [4.78, 5) is 16.6. The average molecular weight is 338 g/mol. The number of esters is 1. The molecule has 0 bridgehead atoms. The Labute approximate surface area is 135 Å². The molecule has 0 fully saturated rings. The number of rotatable bonds is 5.